The minimum absolute atomic E-state index is 0. The highest BCUT2D eigenvalue weighted by Crippen LogP contribution is 2.53. The second-order valence-corrected chi connectivity index (χ2v) is 7.98. The molecule has 0 bridgehead atoms. The summed E-state index contributed by atoms with van der Waals surface area (Å²) in [4.78, 5) is 11.1. The first-order valence-corrected chi connectivity index (χ1v) is 10.3. The van der Waals surface area contributed by atoms with Crippen molar-refractivity contribution in [2.24, 2.45) is 10.4 Å². The van der Waals surface area contributed by atoms with Gasteiger partial charge >= 0.3 is 0 Å². The van der Waals surface area contributed by atoms with E-state index >= 15 is 0 Å². The zero-order valence-corrected chi connectivity index (χ0v) is 20.0. The molecule has 2 atom stereocenters. The van der Waals surface area contributed by atoms with Crippen LogP contribution in [0, 0.1) is 5.41 Å². The summed E-state index contributed by atoms with van der Waals surface area (Å²) in [5, 5.41) is 7.12. The predicted molar refractivity (Wildman–Crippen MR) is 127 cm³/mol. The Morgan fingerprint density at radius 3 is 2.68 bits per heavy atom. The van der Waals surface area contributed by atoms with Crippen LogP contribution in [0.2, 0.25) is 0 Å². The Hall–Kier alpha value is -1.09. The van der Waals surface area contributed by atoms with Gasteiger partial charge in [-0.25, -0.2) is 4.98 Å². The number of aliphatic imine (C=N–C) groups is 1. The molecule has 1 aromatic rings. The van der Waals surface area contributed by atoms with Crippen molar-refractivity contribution >= 4 is 35.8 Å². The number of nitrogens with one attached hydrogen (secondary N) is 2. The zero-order chi connectivity index (χ0) is 19.3. The van der Waals surface area contributed by atoms with Crippen molar-refractivity contribution in [1.82, 2.24) is 15.6 Å². The Bertz CT molecular complexity index is 645. The number of anilines is 1. The van der Waals surface area contributed by atoms with E-state index < -0.39 is 0 Å². The number of nitrogens with zero attached hydrogens (tertiary/aromatic N) is 3. The highest BCUT2D eigenvalue weighted by atomic mass is 127. The second-order valence-electron chi connectivity index (χ2n) is 7.98. The van der Waals surface area contributed by atoms with E-state index in [1.807, 2.05) is 44.2 Å². The molecule has 1 heterocycles. The first kappa shape index (κ1) is 23.2. The Kier molecular flexibility index (Phi) is 8.80. The fourth-order valence-corrected chi connectivity index (χ4v) is 4.61. The number of pyridine rings is 1. The van der Waals surface area contributed by atoms with E-state index in [4.69, 9.17) is 4.74 Å². The summed E-state index contributed by atoms with van der Waals surface area (Å²) >= 11 is 0. The third-order valence-corrected chi connectivity index (χ3v) is 6.16. The maximum absolute atomic E-state index is 6.07. The third-order valence-electron chi connectivity index (χ3n) is 6.16. The van der Waals surface area contributed by atoms with Gasteiger partial charge < -0.3 is 20.3 Å². The van der Waals surface area contributed by atoms with Crippen molar-refractivity contribution in [2.75, 3.05) is 32.6 Å². The maximum Gasteiger partial charge on any atom is 0.191 e. The fraction of sp³-hybridized carbons (Fsp3) is 0.714. The van der Waals surface area contributed by atoms with E-state index in [0.717, 1.165) is 30.5 Å². The summed E-state index contributed by atoms with van der Waals surface area (Å²) in [6.45, 7) is 3.57. The van der Waals surface area contributed by atoms with Gasteiger partial charge in [0.1, 0.15) is 5.82 Å². The van der Waals surface area contributed by atoms with Crippen LogP contribution in [-0.2, 0) is 11.3 Å². The van der Waals surface area contributed by atoms with Gasteiger partial charge in [0.25, 0.3) is 0 Å². The Morgan fingerprint density at radius 2 is 2.04 bits per heavy atom. The van der Waals surface area contributed by atoms with Crippen molar-refractivity contribution in [3.8, 4) is 0 Å². The summed E-state index contributed by atoms with van der Waals surface area (Å²) in [6, 6.07) is 6.56. The molecule has 2 unspecified atom stereocenters. The van der Waals surface area contributed by atoms with Crippen molar-refractivity contribution < 1.29 is 4.74 Å². The van der Waals surface area contributed by atoms with Crippen molar-refractivity contribution in [3.05, 3.63) is 23.9 Å². The molecule has 2 N–H and O–H groups in total. The number of aromatic nitrogens is 1. The molecular formula is C21H36IN5O. The van der Waals surface area contributed by atoms with Crippen LogP contribution in [0.1, 0.15) is 51.1 Å². The van der Waals surface area contributed by atoms with Gasteiger partial charge in [-0.3, -0.25) is 4.99 Å². The first-order valence-electron chi connectivity index (χ1n) is 10.3. The van der Waals surface area contributed by atoms with Crippen LogP contribution >= 0.6 is 24.0 Å². The molecule has 0 amide bonds. The molecule has 0 radical (unpaired) electrons. The molecule has 2 aliphatic carbocycles. The molecule has 158 valence electrons. The van der Waals surface area contributed by atoms with E-state index in [-0.39, 0.29) is 29.4 Å². The summed E-state index contributed by atoms with van der Waals surface area (Å²) in [5.74, 6) is 1.83. The van der Waals surface area contributed by atoms with Gasteiger partial charge in [0, 0.05) is 39.2 Å². The molecule has 2 aliphatic rings. The highest BCUT2D eigenvalue weighted by molar-refractivity contribution is 14.0. The standard InChI is InChI=1S/C21H35N5O.HI/c1-5-27-18-14-17(21(18)12-7-6-8-13-21)25-20(22-2)23-15-16-10-9-11-19(24-16)26(3)4;/h9-11,17-18H,5-8,12-15H2,1-4H3,(H2,22,23,25);1H. The van der Waals surface area contributed by atoms with E-state index in [2.05, 4.69) is 27.5 Å². The first-order chi connectivity index (χ1) is 13.1. The van der Waals surface area contributed by atoms with Crippen LogP contribution in [0.5, 0.6) is 0 Å². The van der Waals surface area contributed by atoms with Crippen LogP contribution in [0.3, 0.4) is 0 Å². The molecule has 6 nitrogen and oxygen atoms in total. The third kappa shape index (κ3) is 5.09. The van der Waals surface area contributed by atoms with Crippen LogP contribution in [0.25, 0.3) is 0 Å². The van der Waals surface area contributed by atoms with Gasteiger partial charge in [0.05, 0.1) is 18.3 Å². The molecule has 1 spiro atoms. The summed E-state index contributed by atoms with van der Waals surface area (Å²) in [6.07, 6.45) is 7.98. The molecule has 0 aromatic carbocycles. The number of hydrogen-bond donors (Lipinski definition) is 2. The van der Waals surface area contributed by atoms with Crippen LogP contribution in [0.4, 0.5) is 5.82 Å². The molecule has 1 aromatic heterocycles. The quantitative estimate of drug-likeness (QED) is 0.355. The monoisotopic (exact) mass is 501 g/mol. The Morgan fingerprint density at radius 1 is 1.29 bits per heavy atom. The zero-order valence-electron chi connectivity index (χ0n) is 17.7. The molecule has 2 fully saturated rings. The lowest BCUT2D eigenvalue weighted by Gasteiger charge is -2.57. The van der Waals surface area contributed by atoms with E-state index in [0.29, 0.717) is 18.7 Å². The van der Waals surface area contributed by atoms with E-state index in [9.17, 15) is 0 Å². The van der Waals surface area contributed by atoms with Crippen molar-refractivity contribution in [1.29, 1.82) is 0 Å². The topological polar surface area (TPSA) is 61.8 Å². The van der Waals surface area contributed by atoms with Gasteiger partial charge in [-0.2, -0.15) is 0 Å². The van der Waals surface area contributed by atoms with E-state index in [1.165, 1.54) is 32.1 Å². The van der Waals surface area contributed by atoms with Gasteiger partial charge in [0.2, 0.25) is 0 Å². The van der Waals surface area contributed by atoms with Crippen LogP contribution in [0.15, 0.2) is 23.2 Å². The van der Waals surface area contributed by atoms with E-state index in [1.54, 1.807) is 0 Å². The van der Waals surface area contributed by atoms with Gasteiger partial charge in [-0.05, 0) is 38.3 Å². The van der Waals surface area contributed by atoms with Crippen LogP contribution in [-0.4, -0.2) is 50.8 Å². The average Bonchev–Trinajstić information content (AvgIpc) is 2.70. The summed E-state index contributed by atoms with van der Waals surface area (Å²) in [5.41, 5.74) is 1.30. The van der Waals surface area contributed by atoms with Crippen molar-refractivity contribution in [3.63, 3.8) is 0 Å². The van der Waals surface area contributed by atoms with Gasteiger partial charge in [0.15, 0.2) is 5.96 Å². The predicted octanol–water partition coefficient (Wildman–Crippen LogP) is 3.56. The minimum atomic E-state index is 0. The molecule has 0 aliphatic heterocycles. The lowest BCUT2D eigenvalue weighted by molar-refractivity contribution is -0.145. The van der Waals surface area contributed by atoms with Gasteiger partial charge in [-0.15, -0.1) is 24.0 Å². The lowest BCUT2D eigenvalue weighted by Crippen LogP contribution is -2.66. The fourth-order valence-electron chi connectivity index (χ4n) is 4.61. The van der Waals surface area contributed by atoms with Crippen molar-refractivity contribution in [2.45, 2.75) is 64.1 Å². The molecule has 3 rings (SSSR count). The number of hydrogen-bond acceptors (Lipinski definition) is 4. The second kappa shape index (κ2) is 10.6. The number of rotatable bonds is 6. The molecule has 2 saturated carbocycles. The Balaban J connectivity index is 0.00000280. The average molecular weight is 501 g/mol. The lowest BCUT2D eigenvalue weighted by atomic mass is 9.55. The maximum atomic E-state index is 6.07. The number of ether oxygens (including phenoxy) is 1. The molecular weight excluding hydrogens is 465 g/mol. The molecule has 28 heavy (non-hydrogen) atoms. The summed E-state index contributed by atoms with van der Waals surface area (Å²) in [7, 11) is 5.86. The van der Waals surface area contributed by atoms with Gasteiger partial charge in [-0.1, -0.05) is 25.3 Å². The number of guanidine groups is 1. The SMILES string of the molecule is CCOC1CC(NC(=NC)NCc2cccc(N(C)C)n2)C12CCCCC2.I. The highest BCUT2D eigenvalue weighted by Gasteiger charge is 2.55. The minimum Gasteiger partial charge on any atom is -0.378 e. The summed E-state index contributed by atoms with van der Waals surface area (Å²) < 4.78 is 6.07. The largest absolute Gasteiger partial charge is 0.378 e. The Labute approximate surface area is 186 Å². The van der Waals surface area contributed by atoms with Crippen LogP contribution < -0.4 is 15.5 Å². The molecule has 0 saturated heterocycles. The molecule has 7 heteroatoms. The number of halogens is 1. The smallest absolute Gasteiger partial charge is 0.191 e. The normalized spacial score (nSPS) is 23.5.